The zero-order valence-electron chi connectivity index (χ0n) is 19.6. The lowest BCUT2D eigenvalue weighted by Crippen LogP contribution is -2.44. The van der Waals surface area contributed by atoms with Gasteiger partial charge in [0, 0.05) is 16.0 Å². The van der Waals surface area contributed by atoms with E-state index in [4.69, 9.17) is 9.47 Å². The third-order valence-electron chi connectivity index (χ3n) is 8.36. The minimum Gasteiger partial charge on any atom is -0.502 e. The highest BCUT2D eigenvalue weighted by atomic mass is 32.2. The number of phenols is 1. The molecule has 190 valence electrons. The van der Waals surface area contributed by atoms with E-state index < -0.39 is 35.7 Å². The summed E-state index contributed by atoms with van der Waals surface area (Å²) >= 11 is 2.67. The number of carboxylic acid groups (broad SMARTS) is 1. The molecule has 6 rings (SSSR count). The van der Waals surface area contributed by atoms with E-state index in [1.54, 1.807) is 23.9 Å². The summed E-state index contributed by atoms with van der Waals surface area (Å²) in [4.78, 5) is 55.4. The molecule has 2 bridgehead atoms. The van der Waals surface area contributed by atoms with Gasteiger partial charge in [0.05, 0.1) is 31.1 Å². The summed E-state index contributed by atoms with van der Waals surface area (Å²) in [6.45, 7) is 1.36. The van der Waals surface area contributed by atoms with Gasteiger partial charge in [0.1, 0.15) is 6.04 Å². The molecule has 0 spiro atoms. The van der Waals surface area contributed by atoms with Crippen molar-refractivity contribution in [3.63, 3.8) is 0 Å². The third kappa shape index (κ3) is 2.97. The lowest BCUT2D eigenvalue weighted by molar-refractivity contribution is -0.154. The topological polar surface area (TPSA) is 146 Å². The molecule has 3 heterocycles. The van der Waals surface area contributed by atoms with Gasteiger partial charge >= 0.3 is 10.8 Å². The summed E-state index contributed by atoms with van der Waals surface area (Å²) in [5.74, 6) is -3.44. The molecule has 2 aromatic rings. The van der Waals surface area contributed by atoms with Crippen LogP contribution in [-0.4, -0.2) is 63.4 Å². The van der Waals surface area contributed by atoms with Crippen molar-refractivity contribution in [3.05, 3.63) is 32.2 Å². The summed E-state index contributed by atoms with van der Waals surface area (Å²) < 4.78 is 10.8. The molecule has 2 aliphatic carbocycles. The summed E-state index contributed by atoms with van der Waals surface area (Å²) in [6, 6.07) is 2.24. The van der Waals surface area contributed by atoms with Gasteiger partial charge in [-0.1, -0.05) is 11.3 Å². The fraction of sp³-hybridized carbons (Fsp3) is 0.500. The summed E-state index contributed by atoms with van der Waals surface area (Å²) in [5.41, 5.74) is 0.782. The number of phenolic OH excluding ortho intramolecular Hbond substituents is 1. The molecular formula is C24H24N2O8S2. The third-order valence-corrected chi connectivity index (χ3v) is 11.0. The lowest BCUT2D eigenvalue weighted by Gasteiger charge is -2.43. The maximum atomic E-state index is 13.5. The van der Waals surface area contributed by atoms with Gasteiger partial charge in [-0.3, -0.25) is 19.3 Å². The molecule has 2 amide bonds. The number of aliphatic carboxylic acids is 1. The van der Waals surface area contributed by atoms with Crippen LogP contribution < -0.4 is 14.3 Å². The summed E-state index contributed by atoms with van der Waals surface area (Å²) in [7, 11) is 2.89. The van der Waals surface area contributed by atoms with Crippen LogP contribution in [0.2, 0.25) is 0 Å². The predicted octanol–water partition coefficient (Wildman–Crippen LogP) is 2.11. The zero-order valence-corrected chi connectivity index (χ0v) is 21.2. The largest absolute Gasteiger partial charge is 0.502 e. The van der Waals surface area contributed by atoms with E-state index in [0.29, 0.717) is 6.42 Å². The molecule has 2 aliphatic heterocycles. The fourth-order valence-electron chi connectivity index (χ4n) is 7.00. The van der Waals surface area contributed by atoms with Gasteiger partial charge in [-0.2, -0.15) is 0 Å². The van der Waals surface area contributed by atoms with Crippen molar-refractivity contribution in [2.75, 3.05) is 14.2 Å². The molecule has 3 fully saturated rings. The van der Waals surface area contributed by atoms with E-state index in [1.807, 2.05) is 0 Å². The van der Waals surface area contributed by atoms with E-state index >= 15 is 0 Å². The molecule has 2 saturated carbocycles. The second-order valence-electron chi connectivity index (χ2n) is 9.80. The Kier molecular flexibility index (Phi) is 5.21. The number of aromatic hydroxyl groups is 1. The normalized spacial score (nSPS) is 32.8. The van der Waals surface area contributed by atoms with Crippen molar-refractivity contribution in [2.45, 2.75) is 35.6 Å². The van der Waals surface area contributed by atoms with Crippen molar-refractivity contribution in [1.82, 2.24) is 9.88 Å². The van der Waals surface area contributed by atoms with Crippen molar-refractivity contribution in [2.24, 2.45) is 29.6 Å². The number of benzene rings is 1. The van der Waals surface area contributed by atoms with Crippen LogP contribution in [0.3, 0.4) is 0 Å². The number of fused-ring (bicyclic) bond motifs is 9. The van der Waals surface area contributed by atoms with Crippen molar-refractivity contribution in [1.29, 1.82) is 0 Å². The van der Waals surface area contributed by atoms with Gasteiger partial charge in [-0.05, 0) is 48.8 Å². The maximum Gasteiger partial charge on any atom is 0.326 e. The Morgan fingerprint density at radius 1 is 1.11 bits per heavy atom. The number of rotatable bonds is 5. The Morgan fingerprint density at radius 3 is 2.31 bits per heavy atom. The van der Waals surface area contributed by atoms with Crippen molar-refractivity contribution >= 4 is 40.9 Å². The number of thioether (sulfide) groups is 1. The number of H-pyrrole nitrogens is 1. The molecule has 3 N–H and O–H groups in total. The molecule has 1 saturated heterocycles. The van der Waals surface area contributed by atoms with Crippen LogP contribution in [0.15, 0.2) is 22.0 Å². The first-order valence-electron chi connectivity index (χ1n) is 11.6. The van der Waals surface area contributed by atoms with Gasteiger partial charge in [0.2, 0.25) is 17.6 Å². The number of likely N-dealkylation sites (tertiary alicyclic amines) is 1. The van der Waals surface area contributed by atoms with E-state index in [2.05, 4.69) is 4.98 Å². The average molecular weight is 533 g/mol. The summed E-state index contributed by atoms with van der Waals surface area (Å²) in [6.07, 6.45) is 0.687. The van der Waals surface area contributed by atoms with Gasteiger partial charge in [0.15, 0.2) is 11.5 Å². The number of carboxylic acids is 1. The number of methoxy groups -OCH3 is 2. The number of hydrogen-bond acceptors (Lipinski definition) is 9. The van der Waals surface area contributed by atoms with E-state index in [-0.39, 0.29) is 51.0 Å². The van der Waals surface area contributed by atoms with Gasteiger partial charge < -0.3 is 24.7 Å². The van der Waals surface area contributed by atoms with Crippen molar-refractivity contribution < 1.29 is 34.1 Å². The van der Waals surface area contributed by atoms with Crippen molar-refractivity contribution in [3.8, 4) is 17.2 Å². The van der Waals surface area contributed by atoms with Gasteiger partial charge in [-0.15, -0.1) is 11.8 Å². The molecule has 36 heavy (non-hydrogen) atoms. The second-order valence-corrected chi connectivity index (χ2v) is 12.0. The fourth-order valence-corrected chi connectivity index (χ4v) is 9.89. The highest BCUT2D eigenvalue weighted by Gasteiger charge is 2.70. The first-order valence-corrected chi connectivity index (χ1v) is 13.3. The molecule has 12 heteroatoms. The van der Waals surface area contributed by atoms with Crippen LogP contribution >= 0.6 is 23.1 Å². The Bertz CT molecular complexity index is 1340. The second kappa shape index (κ2) is 8.01. The molecule has 4 aliphatic rings. The lowest BCUT2D eigenvalue weighted by atomic mass is 9.68. The monoisotopic (exact) mass is 532 g/mol. The standard InChI is InChI=1S/C24H24N2O8S2/c1-7(23(30)31)26-21(28)15-9-6-10(16(15)22(26)29)18-14(9)13(19-20(35-18)25-24(32)36-19)8-4-11(33-2)17(27)12(5-8)34-3/h4-5,7,9-10,13-16,18,27H,6H2,1-3H3,(H,25,32)(H,30,31)/t7-,9-,10+,13+,14-,15+,16-,18-/m1/s1. The molecule has 1 aromatic heterocycles. The van der Waals surface area contributed by atoms with Crippen LogP contribution in [0.5, 0.6) is 17.2 Å². The van der Waals surface area contributed by atoms with Crippen LogP contribution in [0.4, 0.5) is 0 Å². The van der Waals surface area contributed by atoms with Crippen LogP contribution in [-0.2, 0) is 14.4 Å². The maximum absolute atomic E-state index is 13.5. The van der Waals surface area contributed by atoms with E-state index in [0.717, 1.165) is 31.7 Å². The molecule has 8 atom stereocenters. The number of aromatic amines is 1. The predicted molar refractivity (Wildman–Crippen MR) is 129 cm³/mol. The Morgan fingerprint density at radius 2 is 1.72 bits per heavy atom. The van der Waals surface area contributed by atoms with Crippen LogP contribution in [0.1, 0.15) is 29.7 Å². The zero-order chi connectivity index (χ0) is 25.6. The number of hydrogen-bond donors (Lipinski definition) is 3. The molecule has 0 unspecified atom stereocenters. The minimum atomic E-state index is -1.22. The summed E-state index contributed by atoms with van der Waals surface area (Å²) in [5, 5.41) is 20.7. The number of ether oxygens (including phenoxy) is 2. The van der Waals surface area contributed by atoms with Gasteiger partial charge in [-0.25, -0.2) is 4.79 Å². The number of thiazole rings is 1. The molecule has 10 nitrogen and oxygen atoms in total. The van der Waals surface area contributed by atoms with E-state index in [1.165, 1.54) is 21.1 Å². The first-order chi connectivity index (χ1) is 17.2. The molecule has 0 radical (unpaired) electrons. The quantitative estimate of drug-likeness (QED) is 0.493. The van der Waals surface area contributed by atoms with Crippen LogP contribution in [0, 0.1) is 29.6 Å². The number of imide groups is 1. The number of nitrogens with one attached hydrogen (secondary N) is 1. The minimum absolute atomic E-state index is 0.0402. The molecule has 1 aromatic carbocycles. The molecular weight excluding hydrogens is 508 g/mol. The Labute approximate surface area is 213 Å². The van der Waals surface area contributed by atoms with Crippen LogP contribution in [0.25, 0.3) is 0 Å². The Balaban J connectivity index is 1.48. The number of amides is 2. The number of carbonyl (C=O) groups excluding carboxylic acids is 2. The number of aromatic nitrogens is 1. The smallest absolute Gasteiger partial charge is 0.326 e. The highest BCUT2D eigenvalue weighted by molar-refractivity contribution is 8.00. The number of carbonyl (C=O) groups is 3. The van der Waals surface area contributed by atoms with Gasteiger partial charge in [0.25, 0.3) is 0 Å². The average Bonchev–Trinajstić information content (AvgIpc) is 3.57. The highest BCUT2D eigenvalue weighted by Crippen LogP contribution is 2.69. The Hall–Kier alpha value is -2.99. The SMILES string of the molecule is COc1cc([C@@H]2c3sc(=O)[nH]c3S[C@@H]3[C@H]4C[C@@H]([C@@H]5C(=O)N([C@H](C)C(=O)O)C(=O)[C@H]45)[C@H]23)cc(OC)c1O. The number of nitrogens with zero attached hydrogens (tertiary/aromatic N) is 1. The first kappa shape index (κ1) is 23.4. The van der Waals surface area contributed by atoms with E-state index in [9.17, 15) is 29.4 Å².